The molecule has 0 unspecified atom stereocenters. The van der Waals surface area contributed by atoms with Crippen LogP contribution in [0.3, 0.4) is 0 Å². The largest absolute Gasteiger partial charge is 0.466 e. The standard InChI is InChI=1S/C15H28O2/c1-3-5-6-7-8-10-15(11-9-12-15)13-14(16)17-4-2/h3-13H2,1-2H3. The average molecular weight is 240 g/mol. The summed E-state index contributed by atoms with van der Waals surface area (Å²) >= 11 is 0. The minimum atomic E-state index is 0.0146. The lowest BCUT2D eigenvalue weighted by molar-refractivity contribution is -0.147. The number of hydrogen-bond acceptors (Lipinski definition) is 2. The highest BCUT2D eigenvalue weighted by Crippen LogP contribution is 2.48. The molecule has 1 saturated carbocycles. The van der Waals surface area contributed by atoms with E-state index in [0.29, 0.717) is 18.4 Å². The molecule has 0 aromatic heterocycles. The first kappa shape index (κ1) is 14.5. The zero-order valence-corrected chi connectivity index (χ0v) is 11.6. The van der Waals surface area contributed by atoms with E-state index in [2.05, 4.69) is 6.92 Å². The molecule has 1 aliphatic rings. The van der Waals surface area contributed by atoms with Gasteiger partial charge in [-0.1, -0.05) is 45.4 Å². The van der Waals surface area contributed by atoms with Gasteiger partial charge in [-0.25, -0.2) is 0 Å². The van der Waals surface area contributed by atoms with E-state index < -0.39 is 0 Å². The molecule has 17 heavy (non-hydrogen) atoms. The van der Waals surface area contributed by atoms with E-state index in [4.69, 9.17) is 4.74 Å². The molecular formula is C15H28O2. The van der Waals surface area contributed by atoms with E-state index in [9.17, 15) is 4.79 Å². The van der Waals surface area contributed by atoms with E-state index in [-0.39, 0.29) is 5.97 Å². The van der Waals surface area contributed by atoms with Crippen LogP contribution < -0.4 is 0 Å². The molecule has 1 fully saturated rings. The third-order valence-electron chi connectivity index (χ3n) is 4.05. The molecule has 1 rings (SSSR count). The molecule has 2 nitrogen and oxygen atoms in total. The Morgan fingerprint density at radius 1 is 1.12 bits per heavy atom. The van der Waals surface area contributed by atoms with Crippen LogP contribution >= 0.6 is 0 Å². The van der Waals surface area contributed by atoms with E-state index in [1.54, 1.807) is 0 Å². The first-order valence-corrected chi connectivity index (χ1v) is 7.38. The lowest BCUT2D eigenvalue weighted by atomic mass is 9.64. The lowest BCUT2D eigenvalue weighted by Gasteiger charge is -2.41. The molecule has 0 saturated heterocycles. The van der Waals surface area contributed by atoms with Crippen molar-refractivity contribution in [1.82, 2.24) is 0 Å². The zero-order chi connectivity index (χ0) is 12.6. The highest BCUT2D eigenvalue weighted by Gasteiger charge is 2.38. The van der Waals surface area contributed by atoms with Crippen LogP contribution in [0.25, 0.3) is 0 Å². The second-order valence-corrected chi connectivity index (χ2v) is 5.50. The highest BCUT2D eigenvalue weighted by atomic mass is 16.5. The Labute approximate surface area is 106 Å². The summed E-state index contributed by atoms with van der Waals surface area (Å²) in [7, 11) is 0. The van der Waals surface area contributed by atoms with Gasteiger partial charge in [0.15, 0.2) is 0 Å². The minimum absolute atomic E-state index is 0.0146. The Balaban J connectivity index is 2.19. The van der Waals surface area contributed by atoms with Crippen molar-refractivity contribution < 1.29 is 9.53 Å². The molecule has 0 bridgehead atoms. The molecule has 0 atom stereocenters. The van der Waals surface area contributed by atoms with Crippen LogP contribution in [0.4, 0.5) is 0 Å². The lowest BCUT2D eigenvalue weighted by Crippen LogP contribution is -2.32. The smallest absolute Gasteiger partial charge is 0.306 e. The summed E-state index contributed by atoms with van der Waals surface area (Å²) in [5.74, 6) is 0.0146. The molecular weight excluding hydrogens is 212 g/mol. The summed E-state index contributed by atoms with van der Waals surface area (Å²) in [6, 6.07) is 0. The van der Waals surface area contributed by atoms with Crippen molar-refractivity contribution in [3.8, 4) is 0 Å². The molecule has 0 aromatic rings. The van der Waals surface area contributed by atoms with E-state index in [1.165, 1.54) is 57.8 Å². The van der Waals surface area contributed by atoms with E-state index in [0.717, 1.165) is 0 Å². The van der Waals surface area contributed by atoms with Crippen molar-refractivity contribution in [3.63, 3.8) is 0 Å². The average Bonchev–Trinajstić information content (AvgIpc) is 2.25. The van der Waals surface area contributed by atoms with Crippen molar-refractivity contribution in [3.05, 3.63) is 0 Å². The van der Waals surface area contributed by atoms with Gasteiger partial charge in [0.2, 0.25) is 0 Å². The summed E-state index contributed by atoms with van der Waals surface area (Å²) in [6.45, 7) is 4.65. The van der Waals surface area contributed by atoms with Crippen LogP contribution in [-0.2, 0) is 9.53 Å². The topological polar surface area (TPSA) is 26.3 Å². The molecule has 0 radical (unpaired) electrons. The second-order valence-electron chi connectivity index (χ2n) is 5.50. The van der Waals surface area contributed by atoms with Crippen molar-refractivity contribution in [2.45, 2.75) is 78.1 Å². The Morgan fingerprint density at radius 2 is 1.82 bits per heavy atom. The van der Waals surface area contributed by atoms with Crippen LogP contribution in [0, 0.1) is 5.41 Å². The van der Waals surface area contributed by atoms with Crippen LogP contribution in [-0.4, -0.2) is 12.6 Å². The molecule has 100 valence electrons. The number of rotatable bonds is 9. The van der Waals surface area contributed by atoms with E-state index >= 15 is 0 Å². The molecule has 0 spiro atoms. The fourth-order valence-corrected chi connectivity index (χ4v) is 2.81. The summed E-state index contributed by atoms with van der Waals surface area (Å²) in [6.07, 6.45) is 12.3. The number of hydrogen-bond donors (Lipinski definition) is 0. The van der Waals surface area contributed by atoms with E-state index in [1.807, 2.05) is 6.92 Å². The van der Waals surface area contributed by atoms with Gasteiger partial charge >= 0.3 is 5.97 Å². The highest BCUT2D eigenvalue weighted by molar-refractivity contribution is 5.70. The number of carbonyl (C=O) groups is 1. The normalized spacial score (nSPS) is 17.5. The maximum atomic E-state index is 11.6. The van der Waals surface area contributed by atoms with Gasteiger partial charge in [-0.05, 0) is 31.6 Å². The Hall–Kier alpha value is -0.530. The summed E-state index contributed by atoms with van der Waals surface area (Å²) in [5, 5.41) is 0. The summed E-state index contributed by atoms with van der Waals surface area (Å²) < 4.78 is 5.08. The number of unbranched alkanes of at least 4 members (excludes halogenated alkanes) is 4. The van der Waals surface area contributed by atoms with Crippen LogP contribution in [0.5, 0.6) is 0 Å². The van der Waals surface area contributed by atoms with Crippen molar-refractivity contribution in [2.24, 2.45) is 5.41 Å². The van der Waals surface area contributed by atoms with Crippen LogP contribution in [0.15, 0.2) is 0 Å². The molecule has 0 N–H and O–H groups in total. The first-order valence-electron chi connectivity index (χ1n) is 7.38. The molecule has 0 heterocycles. The van der Waals surface area contributed by atoms with Gasteiger partial charge in [-0.15, -0.1) is 0 Å². The number of carbonyl (C=O) groups excluding carboxylic acids is 1. The van der Waals surface area contributed by atoms with Gasteiger partial charge in [0.25, 0.3) is 0 Å². The van der Waals surface area contributed by atoms with Crippen molar-refractivity contribution in [2.75, 3.05) is 6.61 Å². The van der Waals surface area contributed by atoms with Crippen LogP contribution in [0.1, 0.15) is 78.1 Å². The monoisotopic (exact) mass is 240 g/mol. The second kappa shape index (κ2) is 7.73. The molecule has 1 aliphatic carbocycles. The van der Waals surface area contributed by atoms with Crippen LogP contribution in [0.2, 0.25) is 0 Å². The maximum Gasteiger partial charge on any atom is 0.306 e. The fourth-order valence-electron chi connectivity index (χ4n) is 2.81. The van der Waals surface area contributed by atoms with Gasteiger partial charge < -0.3 is 4.74 Å². The minimum Gasteiger partial charge on any atom is -0.466 e. The van der Waals surface area contributed by atoms with Crippen molar-refractivity contribution in [1.29, 1.82) is 0 Å². The zero-order valence-electron chi connectivity index (χ0n) is 11.6. The first-order chi connectivity index (χ1) is 8.22. The maximum absolute atomic E-state index is 11.6. The molecule has 2 heteroatoms. The van der Waals surface area contributed by atoms with Gasteiger partial charge in [0.05, 0.1) is 13.0 Å². The van der Waals surface area contributed by atoms with Gasteiger partial charge in [0, 0.05) is 0 Å². The van der Waals surface area contributed by atoms with Crippen molar-refractivity contribution >= 4 is 5.97 Å². The third-order valence-corrected chi connectivity index (χ3v) is 4.05. The summed E-state index contributed by atoms with van der Waals surface area (Å²) in [5.41, 5.74) is 0.318. The third kappa shape index (κ3) is 5.10. The predicted molar refractivity (Wildman–Crippen MR) is 70.9 cm³/mol. The summed E-state index contributed by atoms with van der Waals surface area (Å²) in [4.78, 5) is 11.6. The molecule has 0 aromatic carbocycles. The Kier molecular flexibility index (Phi) is 6.61. The number of ether oxygens (including phenoxy) is 1. The van der Waals surface area contributed by atoms with Gasteiger partial charge in [0.1, 0.15) is 0 Å². The Bertz CT molecular complexity index is 219. The predicted octanol–water partition coefficient (Wildman–Crippen LogP) is 4.47. The fraction of sp³-hybridized carbons (Fsp3) is 0.933. The van der Waals surface area contributed by atoms with Gasteiger partial charge in [-0.3, -0.25) is 4.79 Å². The molecule has 0 aliphatic heterocycles. The SMILES string of the molecule is CCCCCCCC1(CC(=O)OCC)CCC1. The van der Waals surface area contributed by atoms with Gasteiger partial charge in [-0.2, -0.15) is 0 Å². The quantitative estimate of drug-likeness (QED) is 0.439. The number of esters is 1. The Morgan fingerprint density at radius 3 is 2.35 bits per heavy atom. The molecule has 0 amide bonds.